The molecule has 0 radical (unpaired) electrons. The summed E-state index contributed by atoms with van der Waals surface area (Å²) in [4.78, 5) is 2.37. The minimum Gasteiger partial charge on any atom is -0.380 e. The molecular weight excluding hydrogens is 200 g/mol. The Morgan fingerprint density at radius 2 is 2.44 bits per heavy atom. The van der Waals surface area contributed by atoms with E-state index in [0.29, 0.717) is 6.10 Å². The average molecular weight is 216 g/mol. The minimum atomic E-state index is 0.374. The summed E-state index contributed by atoms with van der Waals surface area (Å²) in [6.45, 7) is 2.98. The van der Waals surface area contributed by atoms with E-state index in [-0.39, 0.29) is 0 Å². The Hall–Kier alpha value is -1.37. The Kier molecular flexibility index (Phi) is 3.55. The standard InChI is InChI=1S/C13H16N2O/c1-16-13-5-6-15(10-13)9-12-4-2-3-11(7-12)8-14/h2-4,7,13H,5-6,9-10H2,1H3. The van der Waals surface area contributed by atoms with Crippen molar-refractivity contribution in [1.29, 1.82) is 5.26 Å². The van der Waals surface area contributed by atoms with Gasteiger partial charge in [-0.05, 0) is 24.1 Å². The molecule has 16 heavy (non-hydrogen) atoms. The van der Waals surface area contributed by atoms with Crippen molar-refractivity contribution >= 4 is 0 Å². The topological polar surface area (TPSA) is 36.3 Å². The van der Waals surface area contributed by atoms with Crippen LogP contribution in [0, 0.1) is 11.3 Å². The maximum absolute atomic E-state index is 8.82. The van der Waals surface area contributed by atoms with Gasteiger partial charge in [-0.1, -0.05) is 12.1 Å². The number of benzene rings is 1. The van der Waals surface area contributed by atoms with Gasteiger partial charge >= 0.3 is 0 Å². The number of hydrogen-bond acceptors (Lipinski definition) is 3. The zero-order valence-corrected chi connectivity index (χ0v) is 9.52. The van der Waals surface area contributed by atoms with Gasteiger partial charge in [0.25, 0.3) is 0 Å². The normalized spacial score (nSPS) is 20.9. The summed E-state index contributed by atoms with van der Waals surface area (Å²) in [6.07, 6.45) is 1.48. The number of nitriles is 1. The van der Waals surface area contributed by atoms with Crippen LogP contribution in [0.25, 0.3) is 0 Å². The Bertz CT molecular complexity index is 397. The highest BCUT2D eigenvalue weighted by Crippen LogP contribution is 2.15. The molecule has 1 heterocycles. The number of hydrogen-bond donors (Lipinski definition) is 0. The van der Waals surface area contributed by atoms with Crippen LogP contribution in [0.15, 0.2) is 24.3 Å². The molecule has 84 valence electrons. The van der Waals surface area contributed by atoms with Crippen molar-refractivity contribution in [2.45, 2.75) is 19.1 Å². The second-order valence-corrected chi connectivity index (χ2v) is 4.19. The number of likely N-dealkylation sites (tertiary alicyclic amines) is 1. The van der Waals surface area contributed by atoms with Gasteiger partial charge in [-0.15, -0.1) is 0 Å². The Morgan fingerprint density at radius 3 is 3.12 bits per heavy atom. The first-order chi connectivity index (χ1) is 7.81. The van der Waals surface area contributed by atoms with E-state index in [9.17, 15) is 0 Å². The van der Waals surface area contributed by atoms with Crippen LogP contribution in [0.1, 0.15) is 17.5 Å². The van der Waals surface area contributed by atoms with Crippen molar-refractivity contribution in [2.75, 3.05) is 20.2 Å². The van der Waals surface area contributed by atoms with Gasteiger partial charge in [0.05, 0.1) is 17.7 Å². The third-order valence-corrected chi connectivity index (χ3v) is 3.02. The first-order valence-electron chi connectivity index (χ1n) is 5.56. The van der Waals surface area contributed by atoms with Crippen LogP contribution in [0.3, 0.4) is 0 Å². The number of methoxy groups -OCH3 is 1. The third-order valence-electron chi connectivity index (χ3n) is 3.02. The molecule has 3 heteroatoms. The van der Waals surface area contributed by atoms with Crippen molar-refractivity contribution < 1.29 is 4.74 Å². The van der Waals surface area contributed by atoms with Crippen LogP contribution in [-0.4, -0.2) is 31.2 Å². The molecule has 0 N–H and O–H groups in total. The van der Waals surface area contributed by atoms with Gasteiger partial charge in [0, 0.05) is 26.7 Å². The quantitative estimate of drug-likeness (QED) is 0.772. The Labute approximate surface area is 96.2 Å². The fraction of sp³-hybridized carbons (Fsp3) is 0.462. The van der Waals surface area contributed by atoms with E-state index < -0.39 is 0 Å². The summed E-state index contributed by atoms with van der Waals surface area (Å²) >= 11 is 0. The molecule has 0 saturated carbocycles. The van der Waals surface area contributed by atoms with Gasteiger partial charge in [0.15, 0.2) is 0 Å². The highest BCUT2D eigenvalue weighted by molar-refractivity contribution is 5.32. The number of nitrogens with zero attached hydrogens (tertiary/aromatic N) is 2. The highest BCUT2D eigenvalue weighted by atomic mass is 16.5. The van der Waals surface area contributed by atoms with Crippen LogP contribution in [0.5, 0.6) is 0 Å². The second kappa shape index (κ2) is 5.11. The summed E-state index contributed by atoms with van der Waals surface area (Å²) in [6, 6.07) is 9.98. The van der Waals surface area contributed by atoms with Crippen molar-refractivity contribution in [3.63, 3.8) is 0 Å². The molecule has 2 rings (SSSR count). The van der Waals surface area contributed by atoms with E-state index in [4.69, 9.17) is 10.00 Å². The molecule has 1 aliphatic heterocycles. The molecular formula is C13H16N2O. The highest BCUT2D eigenvalue weighted by Gasteiger charge is 2.21. The predicted molar refractivity (Wildman–Crippen MR) is 61.8 cm³/mol. The zero-order valence-electron chi connectivity index (χ0n) is 9.52. The van der Waals surface area contributed by atoms with Crippen LogP contribution < -0.4 is 0 Å². The second-order valence-electron chi connectivity index (χ2n) is 4.19. The van der Waals surface area contributed by atoms with Crippen LogP contribution >= 0.6 is 0 Å². The Balaban J connectivity index is 1.97. The van der Waals surface area contributed by atoms with Crippen molar-refractivity contribution in [2.24, 2.45) is 0 Å². The molecule has 1 aromatic rings. The molecule has 0 bridgehead atoms. The summed E-state index contributed by atoms with van der Waals surface area (Å²) in [5.74, 6) is 0. The fourth-order valence-corrected chi connectivity index (χ4v) is 2.13. The third kappa shape index (κ3) is 2.60. The molecule has 1 aliphatic rings. The van der Waals surface area contributed by atoms with Gasteiger partial charge in [-0.25, -0.2) is 0 Å². The molecule has 1 saturated heterocycles. The van der Waals surface area contributed by atoms with E-state index in [1.165, 1.54) is 5.56 Å². The van der Waals surface area contributed by atoms with Crippen molar-refractivity contribution in [3.05, 3.63) is 35.4 Å². The summed E-state index contributed by atoms with van der Waals surface area (Å²) in [5.41, 5.74) is 1.94. The smallest absolute Gasteiger partial charge is 0.0991 e. The summed E-state index contributed by atoms with van der Waals surface area (Å²) in [5, 5.41) is 8.82. The lowest BCUT2D eigenvalue weighted by Crippen LogP contribution is -2.22. The van der Waals surface area contributed by atoms with Crippen molar-refractivity contribution in [3.8, 4) is 6.07 Å². The van der Waals surface area contributed by atoms with Crippen LogP contribution in [-0.2, 0) is 11.3 Å². The average Bonchev–Trinajstić information content (AvgIpc) is 2.77. The van der Waals surface area contributed by atoms with Gasteiger partial charge in [-0.2, -0.15) is 5.26 Å². The molecule has 1 aromatic carbocycles. The first kappa shape index (κ1) is 11.1. The molecule has 0 spiro atoms. The molecule has 3 nitrogen and oxygen atoms in total. The molecule has 1 fully saturated rings. The predicted octanol–water partition coefficient (Wildman–Crippen LogP) is 1.78. The molecule has 0 aliphatic carbocycles. The summed E-state index contributed by atoms with van der Waals surface area (Å²) in [7, 11) is 1.77. The lowest BCUT2D eigenvalue weighted by atomic mass is 10.1. The van der Waals surface area contributed by atoms with Crippen LogP contribution in [0.4, 0.5) is 0 Å². The monoisotopic (exact) mass is 216 g/mol. The molecule has 1 atom stereocenters. The van der Waals surface area contributed by atoms with Gasteiger partial charge in [0.2, 0.25) is 0 Å². The largest absolute Gasteiger partial charge is 0.380 e. The SMILES string of the molecule is COC1CCN(Cc2cccc(C#N)c2)C1. The van der Waals surface area contributed by atoms with Gasteiger partial charge in [0.1, 0.15) is 0 Å². The maximum atomic E-state index is 8.82. The van der Waals surface area contributed by atoms with Crippen LogP contribution in [0.2, 0.25) is 0 Å². The lowest BCUT2D eigenvalue weighted by molar-refractivity contribution is 0.107. The molecule has 1 unspecified atom stereocenters. The van der Waals surface area contributed by atoms with E-state index in [1.807, 2.05) is 18.2 Å². The van der Waals surface area contributed by atoms with Crippen molar-refractivity contribution in [1.82, 2.24) is 4.90 Å². The number of ether oxygens (including phenoxy) is 1. The zero-order chi connectivity index (χ0) is 11.4. The maximum Gasteiger partial charge on any atom is 0.0991 e. The van der Waals surface area contributed by atoms with Gasteiger partial charge < -0.3 is 4.74 Å². The van der Waals surface area contributed by atoms with Gasteiger partial charge in [-0.3, -0.25) is 4.90 Å². The molecule has 0 aromatic heterocycles. The van der Waals surface area contributed by atoms with E-state index in [1.54, 1.807) is 7.11 Å². The number of rotatable bonds is 3. The molecule has 0 amide bonds. The van der Waals surface area contributed by atoms with E-state index >= 15 is 0 Å². The summed E-state index contributed by atoms with van der Waals surface area (Å²) < 4.78 is 5.33. The van der Waals surface area contributed by atoms with E-state index in [0.717, 1.165) is 31.6 Å². The van der Waals surface area contributed by atoms with E-state index in [2.05, 4.69) is 17.0 Å². The first-order valence-corrected chi connectivity index (χ1v) is 5.56. The Morgan fingerprint density at radius 1 is 1.56 bits per heavy atom. The fourth-order valence-electron chi connectivity index (χ4n) is 2.13. The minimum absolute atomic E-state index is 0.374. The lowest BCUT2D eigenvalue weighted by Gasteiger charge is -2.15.